The fourth-order valence-corrected chi connectivity index (χ4v) is 4.13. The predicted molar refractivity (Wildman–Crippen MR) is 78.3 cm³/mol. The van der Waals surface area contributed by atoms with Gasteiger partial charge in [0.15, 0.2) is 0 Å². The lowest BCUT2D eigenvalue weighted by atomic mass is 9.64. The second kappa shape index (κ2) is 4.99. The number of likely N-dealkylation sites (tertiary alicyclic amines) is 2. The summed E-state index contributed by atoms with van der Waals surface area (Å²) < 4.78 is 0. The third-order valence-electron chi connectivity index (χ3n) is 6.17. The average molecular weight is 280 g/mol. The minimum Gasteiger partial charge on any atom is -0.396 e. The lowest BCUT2D eigenvalue weighted by molar-refractivity contribution is -0.140. The van der Waals surface area contributed by atoms with Crippen LogP contribution in [-0.4, -0.2) is 60.6 Å². The molecule has 3 rings (SSSR count). The first kappa shape index (κ1) is 14.3. The minimum absolute atomic E-state index is 0.0341. The Kier molecular flexibility index (Phi) is 3.57. The van der Waals surface area contributed by atoms with E-state index in [0.29, 0.717) is 11.8 Å². The summed E-state index contributed by atoms with van der Waals surface area (Å²) in [5, 5.41) is 9.73. The molecule has 0 aromatic rings. The summed E-state index contributed by atoms with van der Waals surface area (Å²) >= 11 is 0. The molecule has 3 aliphatic rings. The lowest BCUT2D eigenvalue weighted by Gasteiger charge is -2.51. The SMILES string of the molecule is CN1CCC2(CCN(C(=O)C3(C)CC3)CC2)[C@@H](CO)C1. The second-order valence-corrected chi connectivity index (χ2v) is 7.61. The van der Waals surface area contributed by atoms with Gasteiger partial charge in [-0.05, 0) is 51.1 Å². The summed E-state index contributed by atoms with van der Waals surface area (Å²) in [5.74, 6) is 0.760. The Balaban J connectivity index is 1.63. The molecule has 0 aromatic heterocycles. The molecule has 0 radical (unpaired) electrons. The molecule has 1 saturated carbocycles. The third-order valence-corrected chi connectivity index (χ3v) is 6.17. The van der Waals surface area contributed by atoms with Crippen molar-refractivity contribution in [1.82, 2.24) is 9.80 Å². The molecule has 1 atom stereocenters. The maximum absolute atomic E-state index is 12.4. The number of hydrogen-bond acceptors (Lipinski definition) is 3. The number of rotatable bonds is 2. The van der Waals surface area contributed by atoms with E-state index in [-0.39, 0.29) is 17.4 Å². The largest absolute Gasteiger partial charge is 0.396 e. The van der Waals surface area contributed by atoms with Crippen molar-refractivity contribution < 1.29 is 9.90 Å². The maximum Gasteiger partial charge on any atom is 0.228 e. The monoisotopic (exact) mass is 280 g/mol. The summed E-state index contributed by atoms with van der Waals surface area (Å²) in [6, 6.07) is 0. The van der Waals surface area contributed by atoms with E-state index in [4.69, 9.17) is 0 Å². The first-order chi connectivity index (χ1) is 9.49. The van der Waals surface area contributed by atoms with Crippen molar-refractivity contribution in [2.24, 2.45) is 16.7 Å². The summed E-state index contributed by atoms with van der Waals surface area (Å²) in [4.78, 5) is 16.8. The Hall–Kier alpha value is -0.610. The van der Waals surface area contributed by atoms with Gasteiger partial charge in [0.2, 0.25) is 5.91 Å². The number of piperidine rings is 2. The number of aliphatic hydroxyl groups is 1. The Morgan fingerprint density at radius 1 is 1.15 bits per heavy atom. The molecule has 2 saturated heterocycles. The minimum atomic E-state index is -0.0341. The first-order valence-corrected chi connectivity index (χ1v) is 8.08. The summed E-state index contributed by atoms with van der Waals surface area (Å²) in [6.45, 7) is 6.31. The molecule has 4 nitrogen and oxygen atoms in total. The third kappa shape index (κ3) is 2.37. The zero-order valence-electron chi connectivity index (χ0n) is 12.9. The van der Waals surface area contributed by atoms with E-state index in [2.05, 4.69) is 23.8 Å². The molecule has 1 aliphatic carbocycles. The van der Waals surface area contributed by atoms with Gasteiger partial charge in [-0.3, -0.25) is 4.79 Å². The zero-order chi connectivity index (χ0) is 14.4. The molecule has 3 fully saturated rings. The van der Waals surface area contributed by atoms with Crippen LogP contribution in [0.5, 0.6) is 0 Å². The molecule has 0 bridgehead atoms. The summed E-state index contributed by atoms with van der Waals surface area (Å²) in [7, 11) is 2.14. The quantitative estimate of drug-likeness (QED) is 0.830. The molecule has 1 spiro atoms. The summed E-state index contributed by atoms with van der Waals surface area (Å²) in [5.41, 5.74) is 0.246. The molecule has 2 heterocycles. The highest BCUT2D eigenvalue weighted by atomic mass is 16.3. The number of hydrogen-bond donors (Lipinski definition) is 1. The van der Waals surface area contributed by atoms with Crippen LogP contribution in [0.2, 0.25) is 0 Å². The summed E-state index contributed by atoms with van der Waals surface area (Å²) in [6.07, 6.45) is 5.46. The predicted octanol–water partition coefficient (Wildman–Crippen LogP) is 1.34. The molecule has 0 unspecified atom stereocenters. The van der Waals surface area contributed by atoms with Crippen LogP contribution in [0.15, 0.2) is 0 Å². The van der Waals surface area contributed by atoms with Crippen LogP contribution in [0.1, 0.15) is 39.0 Å². The Labute approximate surface area is 122 Å². The average Bonchev–Trinajstić information content (AvgIpc) is 3.21. The second-order valence-electron chi connectivity index (χ2n) is 7.61. The molecule has 2 aliphatic heterocycles. The van der Waals surface area contributed by atoms with E-state index >= 15 is 0 Å². The number of amides is 1. The maximum atomic E-state index is 12.4. The van der Waals surface area contributed by atoms with Crippen LogP contribution in [-0.2, 0) is 4.79 Å². The van der Waals surface area contributed by atoms with Gasteiger partial charge in [-0.15, -0.1) is 0 Å². The lowest BCUT2D eigenvalue weighted by Crippen LogP contribution is -2.54. The van der Waals surface area contributed by atoms with E-state index in [0.717, 1.165) is 51.9 Å². The van der Waals surface area contributed by atoms with Crippen molar-refractivity contribution in [2.75, 3.05) is 39.8 Å². The molecule has 1 amide bonds. The number of nitrogens with zero attached hydrogens (tertiary/aromatic N) is 2. The van der Waals surface area contributed by atoms with Crippen LogP contribution in [0.4, 0.5) is 0 Å². The van der Waals surface area contributed by atoms with E-state index in [1.807, 2.05) is 0 Å². The van der Waals surface area contributed by atoms with Gasteiger partial charge in [0.05, 0.1) is 0 Å². The first-order valence-electron chi connectivity index (χ1n) is 8.08. The number of aliphatic hydroxyl groups excluding tert-OH is 1. The van der Waals surface area contributed by atoms with Gasteiger partial charge in [0.25, 0.3) is 0 Å². The van der Waals surface area contributed by atoms with Crippen LogP contribution >= 0.6 is 0 Å². The van der Waals surface area contributed by atoms with Crippen molar-refractivity contribution in [1.29, 1.82) is 0 Å². The molecular formula is C16H28N2O2. The Morgan fingerprint density at radius 3 is 2.30 bits per heavy atom. The standard InChI is InChI=1S/C16H28N2O2/c1-15(3-4-15)14(20)18-9-6-16(7-10-18)5-8-17(2)11-13(16)12-19/h13,19H,3-12H2,1-2H3/t13-/m1/s1. The van der Waals surface area contributed by atoms with Crippen LogP contribution in [0.3, 0.4) is 0 Å². The fourth-order valence-electron chi connectivity index (χ4n) is 4.13. The smallest absolute Gasteiger partial charge is 0.228 e. The van der Waals surface area contributed by atoms with E-state index in [1.54, 1.807) is 0 Å². The molecule has 4 heteroatoms. The van der Waals surface area contributed by atoms with Crippen molar-refractivity contribution >= 4 is 5.91 Å². The molecule has 1 N–H and O–H groups in total. The van der Waals surface area contributed by atoms with Crippen LogP contribution in [0.25, 0.3) is 0 Å². The topological polar surface area (TPSA) is 43.8 Å². The van der Waals surface area contributed by atoms with Gasteiger partial charge >= 0.3 is 0 Å². The van der Waals surface area contributed by atoms with Crippen molar-refractivity contribution in [3.63, 3.8) is 0 Å². The van der Waals surface area contributed by atoms with E-state index < -0.39 is 0 Å². The van der Waals surface area contributed by atoms with Crippen molar-refractivity contribution in [2.45, 2.75) is 39.0 Å². The Morgan fingerprint density at radius 2 is 1.75 bits per heavy atom. The molecule has 114 valence electrons. The normalized spacial score (nSPS) is 32.4. The highest BCUT2D eigenvalue weighted by molar-refractivity contribution is 5.85. The number of carbonyl (C=O) groups excluding carboxylic acids is 1. The van der Waals surface area contributed by atoms with Gasteiger partial charge < -0.3 is 14.9 Å². The fraction of sp³-hybridized carbons (Fsp3) is 0.938. The highest BCUT2D eigenvalue weighted by Crippen LogP contribution is 2.49. The van der Waals surface area contributed by atoms with E-state index in [9.17, 15) is 9.90 Å². The van der Waals surface area contributed by atoms with E-state index in [1.165, 1.54) is 6.42 Å². The van der Waals surface area contributed by atoms with Gasteiger partial charge in [0.1, 0.15) is 0 Å². The number of carbonyl (C=O) groups is 1. The molecular weight excluding hydrogens is 252 g/mol. The zero-order valence-corrected chi connectivity index (χ0v) is 12.9. The van der Waals surface area contributed by atoms with Gasteiger partial charge in [-0.25, -0.2) is 0 Å². The Bertz CT molecular complexity index is 384. The van der Waals surface area contributed by atoms with Crippen LogP contribution in [0, 0.1) is 16.7 Å². The molecule has 20 heavy (non-hydrogen) atoms. The van der Waals surface area contributed by atoms with Gasteiger partial charge in [-0.2, -0.15) is 0 Å². The van der Waals surface area contributed by atoms with Crippen molar-refractivity contribution in [3.05, 3.63) is 0 Å². The van der Waals surface area contributed by atoms with Crippen LogP contribution < -0.4 is 0 Å². The van der Waals surface area contributed by atoms with Gasteiger partial charge in [0, 0.05) is 37.6 Å². The molecule has 0 aromatic carbocycles. The van der Waals surface area contributed by atoms with Crippen molar-refractivity contribution in [3.8, 4) is 0 Å². The van der Waals surface area contributed by atoms with Gasteiger partial charge in [-0.1, -0.05) is 6.92 Å². The highest BCUT2D eigenvalue weighted by Gasteiger charge is 2.50.